The highest BCUT2D eigenvalue weighted by atomic mass is 16.2. The molecule has 0 saturated carbocycles. The van der Waals surface area contributed by atoms with Crippen molar-refractivity contribution < 1.29 is 4.79 Å². The molecule has 1 amide bonds. The highest BCUT2D eigenvalue weighted by molar-refractivity contribution is 5.92. The minimum Gasteiger partial charge on any atom is -0.327 e. The molecule has 4 heterocycles. The molecule has 28 heavy (non-hydrogen) atoms. The molecule has 7 heteroatoms. The van der Waals surface area contributed by atoms with E-state index in [-0.39, 0.29) is 5.91 Å². The van der Waals surface area contributed by atoms with Gasteiger partial charge < -0.3 is 9.47 Å². The van der Waals surface area contributed by atoms with Gasteiger partial charge in [-0.15, -0.1) is 0 Å². The fourth-order valence-corrected chi connectivity index (χ4v) is 3.52. The number of benzene rings is 1. The molecule has 1 aromatic carbocycles. The largest absolute Gasteiger partial charge is 0.327 e. The molecule has 0 atom stereocenters. The van der Waals surface area contributed by atoms with E-state index in [9.17, 15) is 4.79 Å². The molecule has 0 saturated heterocycles. The molecule has 0 bridgehead atoms. The Bertz CT molecular complexity index is 1130. The quantitative estimate of drug-likeness (QED) is 0.556. The third-order valence-corrected chi connectivity index (χ3v) is 4.93. The van der Waals surface area contributed by atoms with Crippen LogP contribution in [0.4, 0.5) is 0 Å². The van der Waals surface area contributed by atoms with Gasteiger partial charge in [-0.25, -0.2) is 9.67 Å². The summed E-state index contributed by atoms with van der Waals surface area (Å²) in [5.74, 6) is 0.824. The van der Waals surface area contributed by atoms with E-state index < -0.39 is 0 Å². The Morgan fingerprint density at radius 3 is 2.54 bits per heavy atom. The first-order chi connectivity index (χ1) is 13.7. The number of aryl methyl sites for hydroxylation is 1. The lowest BCUT2D eigenvalue weighted by atomic mass is 10.2. The van der Waals surface area contributed by atoms with Gasteiger partial charge in [-0.3, -0.25) is 9.78 Å². The lowest BCUT2D eigenvalue weighted by molar-refractivity contribution is 0.0742. The van der Waals surface area contributed by atoms with Gasteiger partial charge in [-0.1, -0.05) is 17.7 Å². The van der Waals surface area contributed by atoms with Crippen molar-refractivity contribution in [3.05, 3.63) is 89.9 Å². The van der Waals surface area contributed by atoms with Crippen molar-refractivity contribution in [2.24, 2.45) is 0 Å². The van der Waals surface area contributed by atoms with Crippen LogP contribution in [-0.2, 0) is 13.1 Å². The number of aromatic nitrogens is 5. The fourth-order valence-electron chi connectivity index (χ4n) is 3.52. The molecule has 0 aliphatic carbocycles. The van der Waals surface area contributed by atoms with Gasteiger partial charge in [0.25, 0.3) is 5.91 Å². The van der Waals surface area contributed by atoms with Crippen LogP contribution in [0.3, 0.4) is 0 Å². The lowest BCUT2D eigenvalue weighted by Crippen LogP contribution is -2.27. The SMILES string of the molecule is Cc1ccc(-n2nc3c(c2-n2cccc2)CN(C(=O)c2cnccn2)C3)cc1. The summed E-state index contributed by atoms with van der Waals surface area (Å²) in [7, 11) is 0. The van der Waals surface area contributed by atoms with Crippen LogP contribution >= 0.6 is 0 Å². The van der Waals surface area contributed by atoms with Crippen molar-refractivity contribution in [2.45, 2.75) is 20.0 Å². The van der Waals surface area contributed by atoms with Crippen LogP contribution in [0.15, 0.2) is 67.4 Å². The number of hydrogen-bond donors (Lipinski definition) is 0. The number of fused-ring (bicyclic) bond motifs is 1. The molecule has 138 valence electrons. The summed E-state index contributed by atoms with van der Waals surface area (Å²) >= 11 is 0. The highest BCUT2D eigenvalue weighted by Gasteiger charge is 2.32. The third kappa shape index (κ3) is 2.68. The molecule has 1 aliphatic heterocycles. The molecule has 5 rings (SSSR count). The molecular formula is C21H18N6O. The molecular weight excluding hydrogens is 352 g/mol. The number of amides is 1. The summed E-state index contributed by atoms with van der Waals surface area (Å²) in [6.45, 7) is 3.01. The van der Waals surface area contributed by atoms with Crippen LogP contribution in [0.1, 0.15) is 27.3 Å². The van der Waals surface area contributed by atoms with Gasteiger partial charge in [-0.2, -0.15) is 5.10 Å². The van der Waals surface area contributed by atoms with Gasteiger partial charge in [0, 0.05) is 30.4 Å². The zero-order valence-corrected chi connectivity index (χ0v) is 15.4. The Labute approximate surface area is 161 Å². The maximum atomic E-state index is 12.8. The minimum absolute atomic E-state index is 0.133. The maximum absolute atomic E-state index is 12.8. The first-order valence-electron chi connectivity index (χ1n) is 9.07. The third-order valence-electron chi connectivity index (χ3n) is 4.93. The number of carbonyl (C=O) groups is 1. The van der Waals surface area contributed by atoms with Gasteiger partial charge in [-0.05, 0) is 31.2 Å². The predicted octanol–water partition coefficient (Wildman–Crippen LogP) is 2.92. The number of rotatable bonds is 3. The molecule has 1 aliphatic rings. The summed E-state index contributed by atoms with van der Waals surface area (Å²) in [6, 6.07) is 12.2. The zero-order valence-electron chi connectivity index (χ0n) is 15.4. The molecule has 0 spiro atoms. The Morgan fingerprint density at radius 1 is 1.04 bits per heavy atom. The predicted molar refractivity (Wildman–Crippen MR) is 103 cm³/mol. The van der Waals surface area contributed by atoms with Gasteiger partial charge >= 0.3 is 0 Å². The second-order valence-corrected chi connectivity index (χ2v) is 6.84. The van der Waals surface area contributed by atoms with Crippen molar-refractivity contribution >= 4 is 5.91 Å². The first-order valence-corrected chi connectivity index (χ1v) is 9.07. The zero-order chi connectivity index (χ0) is 19.1. The van der Waals surface area contributed by atoms with E-state index in [2.05, 4.69) is 41.2 Å². The van der Waals surface area contributed by atoms with Crippen LogP contribution in [0.25, 0.3) is 11.5 Å². The van der Waals surface area contributed by atoms with Crippen LogP contribution in [0.5, 0.6) is 0 Å². The standard InChI is InChI=1S/C21H18N6O/c1-15-4-6-16(7-5-15)27-20(25-10-2-3-11-25)17-13-26(14-19(17)24-27)21(28)18-12-22-8-9-23-18/h2-12H,13-14H2,1H3. The topological polar surface area (TPSA) is 68.8 Å². The molecule has 7 nitrogen and oxygen atoms in total. The van der Waals surface area contributed by atoms with Crippen molar-refractivity contribution in [2.75, 3.05) is 0 Å². The summed E-state index contributed by atoms with van der Waals surface area (Å²) < 4.78 is 4.00. The summed E-state index contributed by atoms with van der Waals surface area (Å²) in [6.07, 6.45) is 8.58. The average molecular weight is 370 g/mol. The second-order valence-electron chi connectivity index (χ2n) is 6.84. The van der Waals surface area contributed by atoms with E-state index in [0.717, 1.165) is 22.8 Å². The number of hydrogen-bond acceptors (Lipinski definition) is 4. The van der Waals surface area contributed by atoms with Crippen LogP contribution in [0.2, 0.25) is 0 Å². The summed E-state index contributed by atoms with van der Waals surface area (Å²) in [5, 5.41) is 4.84. The Hall–Kier alpha value is -3.74. The van der Waals surface area contributed by atoms with E-state index in [1.807, 2.05) is 33.8 Å². The molecule has 0 N–H and O–H groups in total. The van der Waals surface area contributed by atoms with Gasteiger partial charge in [0.2, 0.25) is 0 Å². The second kappa shape index (κ2) is 6.45. The monoisotopic (exact) mass is 370 g/mol. The lowest BCUT2D eigenvalue weighted by Gasteiger charge is -2.17. The summed E-state index contributed by atoms with van der Waals surface area (Å²) in [4.78, 5) is 22.7. The van der Waals surface area contributed by atoms with E-state index in [1.54, 1.807) is 11.1 Å². The van der Waals surface area contributed by atoms with Crippen LogP contribution in [-0.4, -0.2) is 35.1 Å². The number of carbonyl (C=O) groups excluding carboxylic acids is 1. The molecule has 0 unspecified atom stereocenters. The fraction of sp³-hybridized carbons (Fsp3) is 0.143. The van der Waals surface area contributed by atoms with E-state index >= 15 is 0 Å². The van der Waals surface area contributed by atoms with Gasteiger partial charge in [0.1, 0.15) is 11.5 Å². The average Bonchev–Trinajstić information content (AvgIpc) is 3.44. The summed E-state index contributed by atoms with van der Waals surface area (Å²) in [5.41, 5.74) is 4.50. The Kier molecular flexibility index (Phi) is 3.79. The van der Waals surface area contributed by atoms with Gasteiger partial charge in [0.15, 0.2) is 0 Å². The van der Waals surface area contributed by atoms with Crippen LogP contribution < -0.4 is 0 Å². The van der Waals surface area contributed by atoms with E-state index in [0.29, 0.717) is 18.8 Å². The normalized spacial score (nSPS) is 13.0. The molecule has 3 aromatic heterocycles. The van der Waals surface area contributed by atoms with Gasteiger partial charge in [0.05, 0.1) is 30.7 Å². The van der Waals surface area contributed by atoms with Crippen LogP contribution in [0, 0.1) is 6.92 Å². The molecule has 4 aromatic rings. The Balaban J connectivity index is 1.55. The number of nitrogens with zero attached hydrogens (tertiary/aromatic N) is 6. The van der Waals surface area contributed by atoms with E-state index in [4.69, 9.17) is 5.10 Å². The minimum atomic E-state index is -0.133. The van der Waals surface area contributed by atoms with E-state index in [1.165, 1.54) is 18.0 Å². The first kappa shape index (κ1) is 16.4. The van der Waals surface area contributed by atoms with Crippen molar-refractivity contribution in [3.8, 4) is 11.5 Å². The maximum Gasteiger partial charge on any atom is 0.274 e. The van der Waals surface area contributed by atoms with Crippen molar-refractivity contribution in [3.63, 3.8) is 0 Å². The Morgan fingerprint density at radius 2 is 1.82 bits per heavy atom. The van der Waals surface area contributed by atoms with Crippen molar-refractivity contribution in [1.82, 2.24) is 29.2 Å². The highest BCUT2D eigenvalue weighted by Crippen LogP contribution is 2.31. The molecule has 0 radical (unpaired) electrons. The molecule has 0 fully saturated rings. The van der Waals surface area contributed by atoms with Crippen molar-refractivity contribution in [1.29, 1.82) is 0 Å². The smallest absolute Gasteiger partial charge is 0.274 e.